The number of carbonyl (C=O) groups excluding carboxylic acids is 2. The van der Waals surface area contributed by atoms with Crippen molar-refractivity contribution in [2.45, 2.75) is 20.8 Å². The van der Waals surface area contributed by atoms with Crippen LogP contribution < -0.4 is 16.0 Å². The van der Waals surface area contributed by atoms with Crippen LogP contribution in [0.3, 0.4) is 0 Å². The number of amides is 2. The average molecular weight is 374 g/mol. The average Bonchev–Trinajstić information content (AvgIpc) is 2.66. The van der Waals surface area contributed by atoms with E-state index >= 15 is 0 Å². The minimum Gasteiger partial charge on any atom is -0.340 e. The topological polar surface area (TPSA) is 83.1 Å². The number of pyridine rings is 1. The minimum atomic E-state index is -0.252. The van der Waals surface area contributed by atoms with E-state index in [4.69, 9.17) is 0 Å². The standard InChI is InChI=1S/C22H22N4O2/c1-14-4-6-20(12-15(14)2)25-21-11-5-17(13-23-21)22(28)26-19-9-7-18(8-10-19)24-16(3)27/h4-13H,1-3H3,(H,23,25)(H,24,27)(H,26,28). The number of aromatic nitrogens is 1. The Balaban J connectivity index is 1.63. The molecule has 1 heterocycles. The highest BCUT2D eigenvalue weighted by molar-refractivity contribution is 6.04. The number of nitrogens with zero attached hydrogens (tertiary/aromatic N) is 1. The summed E-state index contributed by atoms with van der Waals surface area (Å²) in [6.07, 6.45) is 1.53. The summed E-state index contributed by atoms with van der Waals surface area (Å²) in [6, 6.07) is 16.5. The fourth-order valence-corrected chi connectivity index (χ4v) is 2.61. The number of carbonyl (C=O) groups is 2. The van der Waals surface area contributed by atoms with Gasteiger partial charge in [-0.15, -0.1) is 0 Å². The van der Waals surface area contributed by atoms with E-state index in [9.17, 15) is 9.59 Å². The van der Waals surface area contributed by atoms with Gasteiger partial charge >= 0.3 is 0 Å². The van der Waals surface area contributed by atoms with Gasteiger partial charge in [0.15, 0.2) is 0 Å². The summed E-state index contributed by atoms with van der Waals surface area (Å²) in [5, 5.41) is 8.72. The molecule has 0 aliphatic carbocycles. The van der Waals surface area contributed by atoms with Crippen molar-refractivity contribution in [1.82, 2.24) is 4.98 Å². The number of anilines is 4. The van der Waals surface area contributed by atoms with Crippen molar-refractivity contribution in [1.29, 1.82) is 0 Å². The van der Waals surface area contributed by atoms with Crippen molar-refractivity contribution in [2.24, 2.45) is 0 Å². The van der Waals surface area contributed by atoms with Crippen LogP contribution in [0.2, 0.25) is 0 Å². The molecular weight excluding hydrogens is 352 g/mol. The van der Waals surface area contributed by atoms with Crippen molar-refractivity contribution in [3.8, 4) is 0 Å². The van der Waals surface area contributed by atoms with Crippen LogP contribution in [0.4, 0.5) is 22.9 Å². The van der Waals surface area contributed by atoms with Crippen LogP contribution in [0.5, 0.6) is 0 Å². The number of hydrogen-bond acceptors (Lipinski definition) is 4. The third-order valence-corrected chi connectivity index (χ3v) is 4.27. The summed E-state index contributed by atoms with van der Waals surface area (Å²) in [5.74, 6) is 0.273. The lowest BCUT2D eigenvalue weighted by atomic mass is 10.1. The molecule has 2 aromatic carbocycles. The minimum absolute atomic E-state index is 0.141. The van der Waals surface area contributed by atoms with Crippen LogP contribution in [0.15, 0.2) is 60.8 Å². The maximum atomic E-state index is 12.4. The molecule has 0 fully saturated rings. The van der Waals surface area contributed by atoms with E-state index in [0.29, 0.717) is 22.8 Å². The van der Waals surface area contributed by atoms with Gasteiger partial charge in [-0.2, -0.15) is 0 Å². The van der Waals surface area contributed by atoms with Gasteiger partial charge in [0.25, 0.3) is 5.91 Å². The molecule has 0 radical (unpaired) electrons. The van der Waals surface area contributed by atoms with Gasteiger partial charge in [-0.05, 0) is 73.5 Å². The zero-order valence-corrected chi connectivity index (χ0v) is 16.0. The van der Waals surface area contributed by atoms with Crippen molar-refractivity contribution in [3.63, 3.8) is 0 Å². The monoisotopic (exact) mass is 374 g/mol. The van der Waals surface area contributed by atoms with E-state index in [1.54, 1.807) is 36.4 Å². The van der Waals surface area contributed by atoms with E-state index in [0.717, 1.165) is 5.69 Å². The Labute approximate surface area is 164 Å². The Morgan fingerprint density at radius 2 is 1.43 bits per heavy atom. The summed E-state index contributed by atoms with van der Waals surface area (Å²) in [5.41, 5.74) is 5.15. The van der Waals surface area contributed by atoms with Gasteiger partial charge in [0.05, 0.1) is 5.56 Å². The van der Waals surface area contributed by atoms with Crippen LogP contribution in [-0.2, 0) is 4.79 Å². The van der Waals surface area contributed by atoms with Crippen LogP contribution in [0.1, 0.15) is 28.4 Å². The van der Waals surface area contributed by atoms with Crippen molar-refractivity contribution in [3.05, 3.63) is 77.5 Å². The molecule has 142 valence electrons. The highest BCUT2D eigenvalue weighted by Crippen LogP contribution is 2.19. The first-order valence-electron chi connectivity index (χ1n) is 8.90. The molecule has 3 N–H and O–H groups in total. The van der Waals surface area contributed by atoms with Crippen LogP contribution in [-0.4, -0.2) is 16.8 Å². The van der Waals surface area contributed by atoms with E-state index in [2.05, 4.69) is 46.9 Å². The molecule has 2 amide bonds. The molecule has 0 atom stereocenters. The lowest BCUT2D eigenvalue weighted by Gasteiger charge is -2.09. The van der Waals surface area contributed by atoms with Crippen molar-refractivity contribution in [2.75, 3.05) is 16.0 Å². The van der Waals surface area contributed by atoms with Gasteiger partial charge in [0.1, 0.15) is 5.82 Å². The van der Waals surface area contributed by atoms with E-state index in [-0.39, 0.29) is 11.8 Å². The van der Waals surface area contributed by atoms with Gasteiger partial charge in [0.2, 0.25) is 5.91 Å². The second kappa shape index (κ2) is 8.35. The molecule has 6 nitrogen and oxygen atoms in total. The lowest BCUT2D eigenvalue weighted by Crippen LogP contribution is -2.12. The first-order valence-corrected chi connectivity index (χ1v) is 8.90. The molecule has 28 heavy (non-hydrogen) atoms. The molecule has 0 saturated heterocycles. The molecule has 6 heteroatoms. The maximum Gasteiger partial charge on any atom is 0.257 e. The van der Waals surface area contributed by atoms with Gasteiger partial charge in [0, 0.05) is 30.2 Å². The number of nitrogens with one attached hydrogen (secondary N) is 3. The molecule has 3 rings (SSSR count). The highest BCUT2D eigenvalue weighted by atomic mass is 16.2. The first-order chi connectivity index (χ1) is 13.4. The molecule has 0 saturated carbocycles. The largest absolute Gasteiger partial charge is 0.340 e. The summed E-state index contributed by atoms with van der Waals surface area (Å²) >= 11 is 0. The highest BCUT2D eigenvalue weighted by Gasteiger charge is 2.07. The molecule has 0 spiro atoms. The number of hydrogen-bond donors (Lipinski definition) is 3. The third kappa shape index (κ3) is 4.94. The van der Waals surface area contributed by atoms with Crippen LogP contribution in [0, 0.1) is 13.8 Å². The molecular formula is C22H22N4O2. The molecule has 1 aromatic heterocycles. The second-order valence-corrected chi connectivity index (χ2v) is 6.57. The molecule has 0 aliphatic heterocycles. The van der Waals surface area contributed by atoms with E-state index < -0.39 is 0 Å². The normalized spacial score (nSPS) is 10.2. The van der Waals surface area contributed by atoms with Gasteiger partial charge < -0.3 is 16.0 Å². The van der Waals surface area contributed by atoms with E-state index in [1.165, 1.54) is 24.2 Å². The van der Waals surface area contributed by atoms with Crippen molar-refractivity contribution >= 4 is 34.7 Å². The Hall–Kier alpha value is -3.67. The molecule has 0 bridgehead atoms. The van der Waals surface area contributed by atoms with Gasteiger partial charge in [-0.3, -0.25) is 9.59 Å². The zero-order chi connectivity index (χ0) is 20.1. The van der Waals surface area contributed by atoms with Crippen LogP contribution >= 0.6 is 0 Å². The third-order valence-electron chi connectivity index (χ3n) is 4.27. The van der Waals surface area contributed by atoms with Crippen LogP contribution in [0.25, 0.3) is 0 Å². The smallest absolute Gasteiger partial charge is 0.257 e. The fraction of sp³-hybridized carbons (Fsp3) is 0.136. The lowest BCUT2D eigenvalue weighted by molar-refractivity contribution is -0.114. The number of benzene rings is 2. The Morgan fingerprint density at radius 1 is 0.786 bits per heavy atom. The van der Waals surface area contributed by atoms with Crippen molar-refractivity contribution < 1.29 is 9.59 Å². The predicted molar refractivity (Wildman–Crippen MR) is 112 cm³/mol. The zero-order valence-electron chi connectivity index (χ0n) is 16.0. The predicted octanol–water partition coefficient (Wildman–Crippen LogP) is 4.65. The summed E-state index contributed by atoms with van der Waals surface area (Å²) in [7, 11) is 0. The quantitative estimate of drug-likeness (QED) is 0.607. The molecule has 0 aliphatic rings. The van der Waals surface area contributed by atoms with E-state index in [1.807, 2.05) is 6.07 Å². The second-order valence-electron chi connectivity index (χ2n) is 6.57. The molecule has 3 aromatic rings. The Morgan fingerprint density at radius 3 is 2.00 bits per heavy atom. The molecule has 0 unspecified atom stereocenters. The van der Waals surface area contributed by atoms with Gasteiger partial charge in [-0.25, -0.2) is 4.98 Å². The van der Waals surface area contributed by atoms with Gasteiger partial charge in [-0.1, -0.05) is 6.07 Å². The summed E-state index contributed by atoms with van der Waals surface area (Å²) < 4.78 is 0. The maximum absolute atomic E-state index is 12.4. The summed E-state index contributed by atoms with van der Waals surface area (Å²) in [6.45, 7) is 5.57. The Bertz CT molecular complexity index is 996. The first kappa shape index (κ1) is 19.1. The number of aryl methyl sites for hydroxylation is 2. The fourth-order valence-electron chi connectivity index (χ4n) is 2.61. The summed E-state index contributed by atoms with van der Waals surface area (Å²) in [4.78, 5) is 27.7. The Kier molecular flexibility index (Phi) is 5.69. The number of rotatable bonds is 5. The SMILES string of the molecule is CC(=O)Nc1ccc(NC(=O)c2ccc(Nc3ccc(C)c(C)c3)nc2)cc1.